The molecule has 3 aromatic rings. The van der Waals surface area contributed by atoms with Crippen molar-refractivity contribution in [2.24, 2.45) is 0 Å². The maximum atomic E-state index is 13.1. The van der Waals surface area contributed by atoms with Crippen LogP contribution in [0.1, 0.15) is 56.8 Å². The van der Waals surface area contributed by atoms with Crippen molar-refractivity contribution in [3.63, 3.8) is 0 Å². The molecule has 0 aliphatic heterocycles. The molecule has 0 bridgehead atoms. The molecule has 0 saturated carbocycles. The van der Waals surface area contributed by atoms with Crippen LogP contribution in [-0.4, -0.2) is 43.3 Å². The van der Waals surface area contributed by atoms with E-state index in [0.717, 1.165) is 41.6 Å². The van der Waals surface area contributed by atoms with E-state index in [0.29, 0.717) is 30.4 Å². The third-order valence-electron chi connectivity index (χ3n) is 5.17. The van der Waals surface area contributed by atoms with Gasteiger partial charge in [0.2, 0.25) is 10.0 Å². The zero-order valence-electron chi connectivity index (χ0n) is 19.3. The fourth-order valence-corrected chi connectivity index (χ4v) is 5.74. The first-order valence-corrected chi connectivity index (χ1v) is 13.6. The molecule has 0 aliphatic rings. The number of anilines is 1. The van der Waals surface area contributed by atoms with E-state index in [1.807, 2.05) is 39.0 Å². The van der Waals surface area contributed by atoms with Crippen LogP contribution in [0.15, 0.2) is 47.4 Å². The van der Waals surface area contributed by atoms with Gasteiger partial charge in [0, 0.05) is 18.7 Å². The second-order valence-corrected chi connectivity index (χ2v) is 10.6. The van der Waals surface area contributed by atoms with Gasteiger partial charge in [0.15, 0.2) is 5.13 Å². The third kappa shape index (κ3) is 6.31. The van der Waals surface area contributed by atoms with Crippen LogP contribution in [0.5, 0.6) is 5.75 Å². The summed E-state index contributed by atoms with van der Waals surface area (Å²) < 4.78 is 34.2. The van der Waals surface area contributed by atoms with Crippen LogP contribution in [0, 0.1) is 0 Å². The number of hydrogen-bond donors (Lipinski definition) is 1. The molecule has 1 aromatic heterocycles. The molecule has 0 atom stereocenters. The van der Waals surface area contributed by atoms with Crippen molar-refractivity contribution in [2.75, 3.05) is 25.0 Å². The molecule has 178 valence electrons. The smallest absolute Gasteiger partial charge is 0.257 e. The van der Waals surface area contributed by atoms with Crippen molar-refractivity contribution in [1.29, 1.82) is 0 Å². The monoisotopic (exact) mass is 489 g/mol. The minimum absolute atomic E-state index is 0.203. The number of hydrogen-bond acceptors (Lipinski definition) is 6. The molecule has 3 rings (SSSR count). The van der Waals surface area contributed by atoms with Crippen LogP contribution in [-0.2, 0) is 10.0 Å². The summed E-state index contributed by atoms with van der Waals surface area (Å²) in [6.45, 7) is 7.59. The molecule has 0 saturated heterocycles. The Hall–Kier alpha value is -2.49. The topological polar surface area (TPSA) is 88.6 Å². The molecule has 7 nitrogen and oxygen atoms in total. The second-order valence-electron chi connectivity index (χ2n) is 7.67. The van der Waals surface area contributed by atoms with Gasteiger partial charge in [0.1, 0.15) is 5.75 Å². The summed E-state index contributed by atoms with van der Waals surface area (Å²) in [5.41, 5.74) is 1.15. The Bertz CT molecular complexity index is 1170. The van der Waals surface area contributed by atoms with Crippen molar-refractivity contribution >= 4 is 42.6 Å². The Kier molecular flexibility index (Phi) is 8.82. The highest BCUT2D eigenvalue weighted by atomic mass is 32.2. The van der Waals surface area contributed by atoms with E-state index in [-0.39, 0.29) is 10.8 Å². The molecule has 0 fully saturated rings. The Morgan fingerprint density at radius 2 is 1.70 bits per heavy atom. The van der Waals surface area contributed by atoms with Gasteiger partial charge in [-0.3, -0.25) is 10.1 Å². The lowest BCUT2D eigenvalue weighted by Gasteiger charge is -2.22. The Balaban J connectivity index is 1.73. The number of amides is 1. The molecule has 2 aromatic carbocycles. The number of ether oxygens (including phenoxy) is 1. The zero-order chi connectivity index (χ0) is 23.8. The van der Waals surface area contributed by atoms with Gasteiger partial charge in [-0.15, -0.1) is 0 Å². The van der Waals surface area contributed by atoms with E-state index in [1.165, 1.54) is 23.5 Å². The van der Waals surface area contributed by atoms with Crippen molar-refractivity contribution in [1.82, 2.24) is 9.29 Å². The van der Waals surface area contributed by atoms with E-state index < -0.39 is 10.0 Å². The van der Waals surface area contributed by atoms with Gasteiger partial charge < -0.3 is 4.74 Å². The average molecular weight is 490 g/mol. The van der Waals surface area contributed by atoms with Crippen LogP contribution in [0.25, 0.3) is 10.2 Å². The number of thiazole rings is 1. The first kappa shape index (κ1) is 25.1. The number of sulfonamides is 1. The van der Waals surface area contributed by atoms with Crippen LogP contribution >= 0.6 is 11.3 Å². The van der Waals surface area contributed by atoms with Gasteiger partial charge in [0.25, 0.3) is 5.91 Å². The van der Waals surface area contributed by atoms with Crippen LogP contribution < -0.4 is 10.1 Å². The number of nitrogens with one attached hydrogen (secondary N) is 1. The first-order chi connectivity index (χ1) is 15.9. The number of nitrogens with zero attached hydrogens (tertiary/aromatic N) is 2. The van der Waals surface area contributed by atoms with E-state index >= 15 is 0 Å². The Morgan fingerprint density at radius 3 is 2.30 bits per heavy atom. The maximum absolute atomic E-state index is 13.1. The molecule has 33 heavy (non-hydrogen) atoms. The predicted molar refractivity (Wildman–Crippen MR) is 134 cm³/mol. The highest BCUT2D eigenvalue weighted by Gasteiger charge is 2.24. The lowest BCUT2D eigenvalue weighted by Crippen LogP contribution is -2.33. The van der Waals surface area contributed by atoms with Gasteiger partial charge >= 0.3 is 0 Å². The lowest BCUT2D eigenvalue weighted by molar-refractivity contribution is 0.102. The third-order valence-corrected chi connectivity index (χ3v) is 8.01. The minimum atomic E-state index is -3.59. The number of fused-ring (bicyclic) bond motifs is 1. The number of carbonyl (C=O) groups excluding carboxylic acids is 1. The summed E-state index contributed by atoms with van der Waals surface area (Å²) in [7, 11) is -3.59. The minimum Gasteiger partial charge on any atom is -0.494 e. The number of unbranched alkanes of at least 4 members (excludes halogenated alkanes) is 2. The molecule has 9 heteroatoms. The predicted octanol–water partition coefficient (Wildman–Crippen LogP) is 5.54. The van der Waals surface area contributed by atoms with E-state index in [9.17, 15) is 13.2 Å². The number of rotatable bonds is 12. The molecule has 1 N–H and O–H groups in total. The van der Waals surface area contributed by atoms with Crippen molar-refractivity contribution < 1.29 is 17.9 Å². The molecule has 0 radical (unpaired) electrons. The summed E-state index contributed by atoms with van der Waals surface area (Å²) in [5, 5.41) is 3.28. The Labute approximate surface area is 199 Å². The summed E-state index contributed by atoms with van der Waals surface area (Å²) in [4.78, 5) is 17.4. The fraction of sp³-hybridized carbons (Fsp3) is 0.417. The Morgan fingerprint density at radius 1 is 1.03 bits per heavy atom. The van der Waals surface area contributed by atoms with Gasteiger partial charge in [-0.25, -0.2) is 13.4 Å². The van der Waals surface area contributed by atoms with Crippen molar-refractivity contribution in [3.05, 3.63) is 48.0 Å². The number of carbonyl (C=O) groups is 1. The number of benzene rings is 2. The molecule has 0 aliphatic carbocycles. The van der Waals surface area contributed by atoms with E-state index in [1.54, 1.807) is 16.4 Å². The molecule has 1 heterocycles. The summed E-state index contributed by atoms with van der Waals surface area (Å²) in [6, 6.07) is 11.7. The molecular weight excluding hydrogens is 458 g/mol. The van der Waals surface area contributed by atoms with Gasteiger partial charge in [-0.2, -0.15) is 4.31 Å². The largest absolute Gasteiger partial charge is 0.494 e. The fourth-order valence-electron chi connectivity index (χ4n) is 3.33. The maximum Gasteiger partial charge on any atom is 0.257 e. The van der Waals surface area contributed by atoms with E-state index in [4.69, 9.17) is 4.74 Å². The van der Waals surface area contributed by atoms with Gasteiger partial charge in [-0.05, 0) is 62.2 Å². The highest BCUT2D eigenvalue weighted by molar-refractivity contribution is 7.89. The summed E-state index contributed by atoms with van der Waals surface area (Å²) in [5.74, 6) is 0.423. The molecule has 0 unspecified atom stereocenters. The van der Waals surface area contributed by atoms with Crippen LogP contribution in [0.4, 0.5) is 5.13 Å². The normalized spacial score (nSPS) is 11.8. The first-order valence-electron chi connectivity index (χ1n) is 11.3. The summed E-state index contributed by atoms with van der Waals surface area (Å²) in [6.07, 6.45) is 3.49. The lowest BCUT2D eigenvalue weighted by atomic mass is 10.2. The average Bonchev–Trinajstić information content (AvgIpc) is 3.20. The highest BCUT2D eigenvalue weighted by Crippen LogP contribution is 2.29. The van der Waals surface area contributed by atoms with Crippen molar-refractivity contribution in [2.45, 2.75) is 51.3 Å². The SMILES string of the molecule is CCCCN(CCCC)S(=O)(=O)c1ccc(C(=O)Nc2nc3ccc(OCC)cc3s2)cc1. The summed E-state index contributed by atoms with van der Waals surface area (Å²) >= 11 is 1.36. The number of aromatic nitrogens is 1. The standard InChI is InChI=1S/C24H31N3O4S2/c1-4-7-15-27(16-8-5-2)33(29,30)20-12-9-18(10-13-20)23(28)26-24-25-21-14-11-19(31-6-3)17-22(21)32-24/h9-14,17H,4-8,15-16H2,1-3H3,(H,25,26,28). The van der Waals surface area contributed by atoms with Gasteiger partial charge in [0.05, 0.1) is 21.7 Å². The zero-order valence-corrected chi connectivity index (χ0v) is 21.0. The molecule has 1 amide bonds. The van der Waals surface area contributed by atoms with Crippen LogP contribution in [0.3, 0.4) is 0 Å². The quantitative estimate of drug-likeness (QED) is 0.361. The van der Waals surface area contributed by atoms with Crippen molar-refractivity contribution in [3.8, 4) is 5.75 Å². The molecule has 0 spiro atoms. The second kappa shape index (κ2) is 11.6. The van der Waals surface area contributed by atoms with Crippen LogP contribution in [0.2, 0.25) is 0 Å². The van der Waals surface area contributed by atoms with E-state index in [2.05, 4.69) is 10.3 Å². The van der Waals surface area contributed by atoms with Gasteiger partial charge in [-0.1, -0.05) is 38.0 Å². The molecular formula is C24H31N3O4S2.